The Balaban J connectivity index is 0.00000159. The minimum atomic E-state index is -0.0783. The van der Waals surface area contributed by atoms with Crippen molar-refractivity contribution in [2.45, 2.75) is 145 Å². The second-order valence-corrected chi connectivity index (χ2v) is 12.4. The topological polar surface area (TPSA) is 51.2 Å². The summed E-state index contributed by atoms with van der Waals surface area (Å²) in [5, 5.41) is 0. The summed E-state index contributed by atoms with van der Waals surface area (Å²) in [7, 11) is 0. The number of rotatable bonds is 12. The minimum Gasteiger partial charge on any atom is -0.300 e. The van der Waals surface area contributed by atoms with Crippen LogP contribution in [0.2, 0.25) is 0 Å². The van der Waals surface area contributed by atoms with Crippen LogP contribution in [0.1, 0.15) is 153 Å². The highest BCUT2D eigenvalue weighted by molar-refractivity contribution is 6.01. The van der Waals surface area contributed by atoms with Gasteiger partial charge in [-0.15, -0.1) is 0 Å². The maximum atomic E-state index is 13.5. The van der Waals surface area contributed by atoms with Crippen LogP contribution in [0.4, 0.5) is 0 Å². The number of Topliss-reactive ketones (excluding diaryl/α,β-unsaturated/α-hetero) is 3. The summed E-state index contributed by atoms with van der Waals surface area (Å²) in [4.78, 5) is 37.9. The van der Waals surface area contributed by atoms with E-state index in [9.17, 15) is 14.4 Å². The van der Waals surface area contributed by atoms with Crippen molar-refractivity contribution in [1.82, 2.24) is 0 Å². The normalized spacial score (nSPS) is 16.9. The third-order valence-electron chi connectivity index (χ3n) is 8.00. The number of unbranched alkanes of at least 4 members (excludes halogenated alkanes) is 1. The van der Waals surface area contributed by atoms with E-state index in [1.165, 1.54) is 36.5 Å². The fourth-order valence-electron chi connectivity index (χ4n) is 6.15. The van der Waals surface area contributed by atoms with Gasteiger partial charge in [0, 0.05) is 17.9 Å². The van der Waals surface area contributed by atoms with Gasteiger partial charge in [0.05, 0.1) is 6.42 Å². The van der Waals surface area contributed by atoms with Crippen molar-refractivity contribution in [2.24, 2.45) is 17.8 Å². The van der Waals surface area contributed by atoms with Crippen molar-refractivity contribution in [1.29, 1.82) is 0 Å². The van der Waals surface area contributed by atoms with Crippen LogP contribution < -0.4 is 0 Å². The molecule has 0 saturated carbocycles. The van der Waals surface area contributed by atoms with E-state index in [-0.39, 0.29) is 46.9 Å². The molecule has 3 heteroatoms. The second-order valence-electron chi connectivity index (χ2n) is 12.4. The predicted octanol–water partition coefficient (Wildman–Crippen LogP) is 9.18. The molecular formula is C34H56O3. The average molecular weight is 513 g/mol. The Kier molecular flexibility index (Phi) is 14.0. The largest absolute Gasteiger partial charge is 0.300 e. The first-order valence-electron chi connectivity index (χ1n) is 15.1. The van der Waals surface area contributed by atoms with Gasteiger partial charge in [-0.05, 0) is 79.0 Å². The van der Waals surface area contributed by atoms with Gasteiger partial charge in [0.15, 0.2) is 5.78 Å². The highest BCUT2D eigenvalue weighted by Crippen LogP contribution is 2.40. The van der Waals surface area contributed by atoms with Crippen LogP contribution in [0.25, 0.3) is 0 Å². The van der Waals surface area contributed by atoms with Gasteiger partial charge in [-0.1, -0.05) is 93.6 Å². The third-order valence-corrected chi connectivity index (χ3v) is 8.00. The lowest BCUT2D eigenvalue weighted by Crippen LogP contribution is -2.31. The lowest BCUT2D eigenvalue weighted by Gasteiger charge is -2.34. The molecular weight excluding hydrogens is 456 g/mol. The first kappa shape index (κ1) is 33.3. The lowest BCUT2D eigenvalue weighted by molar-refractivity contribution is -0.129. The number of carbonyl (C=O) groups excluding carboxylic acids is 3. The lowest BCUT2D eigenvalue weighted by atomic mass is 9.69. The van der Waals surface area contributed by atoms with Gasteiger partial charge < -0.3 is 0 Å². The van der Waals surface area contributed by atoms with E-state index in [1.807, 2.05) is 0 Å². The van der Waals surface area contributed by atoms with E-state index in [2.05, 4.69) is 68.4 Å². The standard InChI is InChI=1S/C30H46O3.C4H10/c1-9-12-22(24(11-3)27(32)14-19(4)31)15-21-16-25-23(13-10-2)18-26(30(6,7)8)20(5)29(25)28(33)17-21;1-3-4-2/h18,21-22,24H,9-17H2,1-8H3;3-4H2,1-2H3. The summed E-state index contributed by atoms with van der Waals surface area (Å²) in [5.74, 6) is 0.756. The van der Waals surface area contributed by atoms with E-state index >= 15 is 0 Å². The molecule has 0 heterocycles. The number of aryl methyl sites for hydroxylation is 1. The number of fused-ring (bicyclic) bond motifs is 1. The molecule has 0 bridgehead atoms. The zero-order valence-corrected chi connectivity index (χ0v) is 25.8. The maximum Gasteiger partial charge on any atom is 0.163 e. The first-order valence-corrected chi connectivity index (χ1v) is 15.1. The van der Waals surface area contributed by atoms with Crippen LogP contribution in [0.3, 0.4) is 0 Å². The van der Waals surface area contributed by atoms with E-state index in [4.69, 9.17) is 0 Å². The molecule has 210 valence electrons. The summed E-state index contributed by atoms with van der Waals surface area (Å²) in [5.41, 5.74) is 6.05. The van der Waals surface area contributed by atoms with Crippen LogP contribution in [-0.2, 0) is 27.8 Å². The summed E-state index contributed by atoms with van der Waals surface area (Å²) in [6.07, 6.45) is 9.90. The molecule has 2 rings (SSSR count). The number of ketones is 3. The van der Waals surface area contributed by atoms with E-state index in [0.29, 0.717) is 6.42 Å². The molecule has 0 aliphatic heterocycles. The van der Waals surface area contributed by atoms with Crippen LogP contribution in [0, 0.1) is 24.7 Å². The van der Waals surface area contributed by atoms with Gasteiger partial charge in [-0.25, -0.2) is 0 Å². The average Bonchev–Trinajstić information content (AvgIpc) is 2.80. The smallest absolute Gasteiger partial charge is 0.163 e. The maximum absolute atomic E-state index is 13.5. The highest BCUT2D eigenvalue weighted by atomic mass is 16.1. The molecule has 1 aliphatic carbocycles. The molecule has 0 radical (unpaired) electrons. The Labute approximate surface area is 228 Å². The van der Waals surface area contributed by atoms with Gasteiger partial charge in [0.1, 0.15) is 11.6 Å². The van der Waals surface area contributed by atoms with E-state index in [0.717, 1.165) is 56.1 Å². The number of hydrogen-bond donors (Lipinski definition) is 0. The molecule has 0 fully saturated rings. The van der Waals surface area contributed by atoms with Crippen molar-refractivity contribution in [3.8, 4) is 0 Å². The molecule has 3 unspecified atom stereocenters. The van der Waals surface area contributed by atoms with Crippen molar-refractivity contribution in [2.75, 3.05) is 0 Å². The number of benzene rings is 1. The first-order chi connectivity index (χ1) is 17.4. The fraction of sp³-hybridized carbons (Fsp3) is 0.735. The molecule has 37 heavy (non-hydrogen) atoms. The molecule has 0 amide bonds. The van der Waals surface area contributed by atoms with E-state index in [1.54, 1.807) is 0 Å². The zero-order chi connectivity index (χ0) is 28.3. The molecule has 0 N–H and O–H groups in total. The Hall–Kier alpha value is -1.77. The van der Waals surface area contributed by atoms with Crippen molar-refractivity contribution in [3.63, 3.8) is 0 Å². The molecule has 0 aromatic heterocycles. The minimum absolute atomic E-state index is 0.0103. The van der Waals surface area contributed by atoms with Crippen LogP contribution >= 0.6 is 0 Å². The molecule has 3 atom stereocenters. The van der Waals surface area contributed by atoms with Gasteiger partial charge in [-0.2, -0.15) is 0 Å². The molecule has 0 saturated heterocycles. The molecule has 3 nitrogen and oxygen atoms in total. The van der Waals surface area contributed by atoms with Crippen molar-refractivity contribution < 1.29 is 14.4 Å². The SMILES string of the molecule is CCCC.CCCc1cc(C(C)(C)C)c(C)c2c1CC(CC(CCC)C(CC)C(=O)CC(C)=O)CC2=O. The molecule has 1 aromatic carbocycles. The molecule has 1 aliphatic rings. The molecule has 0 spiro atoms. The Morgan fingerprint density at radius 3 is 2.05 bits per heavy atom. The number of hydrogen-bond acceptors (Lipinski definition) is 3. The summed E-state index contributed by atoms with van der Waals surface area (Å²) >= 11 is 0. The highest BCUT2D eigenvalue weighted by Gasteiger charge is 2.35. The van der Waals surface area contributed by atoms with Gasteiger partial charge in [0.25, 0.3) is 0 Å². The second kappa shape index (κ2) is 15.6. The summed E-state index contributed by atoms with van der Waals surface area (Å²) < 4.78 is 0. The van der Waals surface area contributed by atoms with Crippen molar-refractivity contribution in [3.05, 3.63) is 33.9 Å². The Morgan fingerprint density at radius 2 is 1.59 bits per heavy atom. The fourth-order valence-corrected chi connectivity index (χ4v) is 6.15. The van der Waals surface area contributed by atoms with Crippen molar-refractivity contribution >= 4 is 17.3 Å². The van der Waals surface area contributed by atoms with Gasteiger partial charge in [-0.3, -0.25) is 14.4 Å². The summed E-state index contributed by atoms with van der Waals surface area (Å²) in [6.45, 7) is 21.1. The zero-order valence-electron chi connectivity index (χ0n) is 25.8. The van der Waals surface area contributed by atoms with Crippen LogP contribution in [-0.4, -0.2) is 17.3 Å². The van der Waals surface area contributed by atoms with Crippen LogP contribution in [0.5, 0.6) is 0 Å². The van der Waals surface area contributed by atoms with E-state index < -0.39 is 0 Å². The Bertz CT molecular complexity index is 901. The van der Waals surface area contributed by atoms with Gasteiger partial charge >= 0.3 is 0 Å². The third kappa shape index (κ3) is 9.48. The molecule has 1 aromatic rings. The van der Waals surface area contributed by atoms with Crippen LogP contribution in [0.15, 0.2) is 6.07 Å². The monoisotopic (exact) mass is 512 g/mol. The predicted molar refractivity (Wildman–Crippen MR) is 158 cm³/mol. The number of carbonyl (C=O) groups is 3. The Morgan fingerprint density at radius 1 is 0.973 bits per heavy atom. The summed E-state index contributed by atoms with van der Waals surface area (Å²) in [6, 6.07) is 2.36. The van der Waals surface area contributed by atoms with Gasteiger partial charge in [0.2, 0.25) is 0 Å². The quantitative estimate of drug-likeness (QED) is 0.262.